The van der Waals surface area contributed by atoms with E-state index in [-0.39, 0.29) is 5.91 Å². The van der Waals surface area contributed by atoms with Gasteiger partial charge in [0.2, 0.25) is 0 Å². The second-order valence-electron chi connectivity index (χ2n) is 4.57. The summed E-state index contributed by atoms with van der Waals surface area (Å²) < 4.78 is 0. The van der Waals surface area contributed by atoms with Crippen LogP contribution in [0.5, 0.6) is 0 Å². The van der Waals surface area contributed by atoms with E-state index in [0.29, 0.717) is 22.2 Å². The topological polar surface area (TPSA) is 41.1 Å². The van der Waals surface area contributed by atoms with E-state index < -0.39 is 0 Å². The molecule has 2 aromatic carbocycles. The van der Waals surface area contributed by atoms with Crippen LogP contribution in [0.4, 0.5) is 5.69 Å². The number of halogens is 2. The van der Waals surface area contributed by atoms with E-state index in [0.717, 1.165) is 17.7 Å². The van der Waals surface area contributed by atoms with E-state index in [1.807, 2.05) is 24.3 Å². The molecule has 0 spiro atoms. The van der Waals surface area contributed by atoms with E-state index in [2.05, 4.69) is 10.6 Å². The van der Waals surface area contributed by atoms with Crippen molar-refractivity contribution < 1.29 is 4.79 Å². The fourth-order valence-corrected chi connectivity index (χ4v) is 2.29. The highest BCUT2D eigenvalue weighted by molar-refractivity contribution is 6.31. The molecule has 0 aliphatic heterocycles. The predicted octanol–water partition coefficient (Wildman–Crippen LogP) is 4.01. The summed E-state index contributed by atoms with van der Waals surface area (Å²) in [6.45, 7) is 0.552. The van der Waals surface area contributed by atoms with Gasteiger partial charge in [0.15, 0.2) is 0 Å². The van der Waals surface area contributed by atoms with Gasteiger partial charge in [-0.2, -0.15) is 0 Å². The number of amides is 1. The summed E-state index contributed by atoms with van der Waals surface area (Å²) in [5.41, 5.74) is 2.42. The highest BCUT2D eigenvalue weighted by Crippen LogP contribution is 2.20. The third-order valence-corrected chi connectivity index (χ3v) is 3.60. The average Bonchev–Trinajstić information content (AvgIpc) is 2.49. The number of carbonyl (C=O) groups is 1. The monoisotopic (exact) mass is 322 g/mol. The number of nitrogens with one attached hydrogen (secondary N) is 2. The first-order valence-electron chi connectivity index (χ1n) is 6.60. The molecular weight excluding hydrogens is 307 g/mol. The molecule has 110 valence electrons. The summed E-state index contributed by atoms with van der Waals surface area (Å²) in [5.74, 6) is -0.143. The van der Waals surface area contributed by atoms with Crippen molar-refractivity contribution in [2.24, 2.45) is 0 Å². The molecule has 0 aliphatic carbocycles. The standard InChI is InChI=1S/C16H16Cl2N2O/c1-19-15-7-6-13(18)10-14(15)16(21)20-9-8-11-2-4-12(17)5-3-11/h2-7,10,19H,8-9H2,1H3,(H,20,21). The minimum absolute atomic E-state index is 0.143. The van der Waals surface area contributed by atoms with Crippen LogP contribution in [0.1, 0.15) is 15.9 Å². The fourth-order valence-electron chi connectivity index (χ4n) is 1.99. The zero-order valence-corrected chi connectivity index (χ0v) is 13.1. The molecular formula is C16H16Cl2N2O. The van der Waals surface area contributed by atoms with Gasteiger partial charge in [0.05, 0.1) is 5.56 Å². The lowest BCUT2D eigenvalue weighted by molar-refractivity contribution is 0.0955. The lowest BCUT2D eigenvalue weighted by Crippen LogP contribution is -2.26. The summed E-state index contributed by atoms with van der Waals surface area (Å²) in [6.07, 6.45) is 0.748. The molecule has 0 saturated heterocycles. The SMILES string of the molecule is CNc1ccc(Cl)cc1C(=O)NCCc1ccc(Cl)cc1. The number of hydrogen-bond acceptors (Lipinski definition) is 2. The molecule has 2 N–H and O–H groups in total. The third-order valence-electron chi connectivity index (χ3n) is 3.11. The molecule has 5 heteroatoms. The summed E-state index contributed by atoms with van der Waals surface area (Å²) >= 11 is 11.8. The Morgan fingerprint density at radius 2 is 1.71 bits per heavy atom. The maximum Gasteiger partial charge on any atom is 0.253 e. The van der Waals surface area contributed by atoms with Crippen molar-refractivity contribution in [1.29, 1.82) is 0 Å². The Balaban J connectivity index is 1.95. The molecule has 1 amide bonds. The molecule has 0 fully saturated rings. The van der Waals surface area contributed by atoms with Gasteiger partial charge in [-0.15, -0.1) is 0 Å². The molecule has 2 rings (SSSR count). The van der Waals surface area contributed by atoms with Gasteiger partial charge in [0.1, 0.15) is 0 Å². The Bertz CT molecular complexity index is 627. The first kappa shape index (κ1) is 15.7. The Kier molecular flexibility index (Phi) is 5.48. The number of anilines is 1. The highest BCUT2D eigenvalue weighted by atomic mass is 35.5. The minimum Gasteiger partial charge on any atom is -0.387 e. The smallest absolute Gasteiger partial charge is 0.253 e. The molecule has 0 radical (unpaired) electrons. The van der Waals surface area contributed by atoms with E-state index in [9.17, 15) is 4.79 Å². The summed E-state index contributed by atoms with van der Waals surface area (Å²) in [6, 6.07) is 12.8. The van der Waals surface area contributed by atoms with E-state index in [1.165, 1.54) is 0 Å². The normalized spacial score (nSPS) is 10.2. The molecule has 0 saturated carbocycles. The van der Waals surface area contributed by atoms with Crippen LogP contribution in [0.3, 0.4) is 0 Å². The fraction of sp³-hybridized carbons (Fsp3) is 0.188. The molecule has 2 aromatic rings. The van der Waals surface area contributed by atoms with Crippen molar-refractivity contribution in [2.75, 3.05) is 18.9 Å². The molecule has 21 heavy (non-hydrogen) atoms. The van der Waals surface area contributed by atoms with Gasteiger partial charge in [-0.25, -0.2) is 0 Å². The van der Waals surface area contributed by atoms with Gasteiger partial charge < -0.3 is 10.6 Å². The van der Waals surface area contributed by atoms with Crippen molar-refractivity contribution >= 4 is 34.8 Å². The maximum absolute atomic E-state index is 12.2. The molecule has 0 bridgehead atoms. The van der Waals surface area contributed by atoms with Crippen molar-refractivity contribution in [3.63, 3.8) is 0 Å². The first-order chi connectivity index (χ1) is 10.1. The van der Waals surface area contributed by atoms with Gasteiger partial charge >= 0.3 is 0 Å². The van der Waals surface area contributed by atoms with Gasteiger partial charge in [-0.3, -0.25) is 4.79 Å². The Hall–Kier alpha value is -1.71. The largest absolute Gasteiger partial charge is 0.387 e. The van der Waals surface area contributed by atoms with E-state index >= 15 is 0 Å². The van der Waals surface area contributed by atoms with Crippen LogP contribution < -0.4 is 10.6 Å². The quantitative estimate of drug-likeness (QED) is 0.873. The van der Waals surface area contributed by atoms with Crippen molar-refractivity contribution in [2.45, 2.75) is 6.42 Å². The summed E-state index contributed by atoms with van der Waals surface area (Å²) in [4.78, 5) is 12.2. The van der Waals surface area contributed by atoms with Gasteiger partial charge in [-0.05, 0) is 42.3 Å². The molecule has 3 nitrogen and oxygen atoms in total. The molecule has 0 atom stereocenters. The van der Waals surface area contributed by atoms with Crippen molar-refractivity contribution in [3.8, 4) is 0 Å². The van der Waals surface area contributed by atoms with Crippen LogP contribution in [-0.2, 0) is 6.42 Å². The number of rotatable bonds is 5. The van der Waals surface area contributed by atoms with Crippen LogP contribution in [0, 0.1) is 0 Å². The van der Waals surface area contributed by atoms with Crippen LogP contribution in [0.25, 0.3) is 0 Å². The van der Waals surface area contributed by atoms with Crippen molar-refractivity contribution in [3.05, 3.63) is 63.6 Å². The number of hydrogen-bond donors (Lipinski definition) is 2. The second kappa shape index (κ2) is 7.34. The summed E-state index contributed by atoms with van der Waals surface area (Å²) in [7, 11) is 1.77. The molecule has 0 heterocycles. The Labute approximate surface area is 134 Å². The van der Waals surface area contributed by atoms with Crippen LogP contribution in [0.15, 0.2) is 42.5 Å². The lowest BCUT2D eigenvalue weighted by atomic mass is 10.1. The highest BCUT2D eigenvalue weighted by Gasteiger charge is 2.10. The summed E-state index contributed by atoms with van der Waals surface area (Å²) in [5, 5.41) is 7.12. The Morgan fingerprint density at radius 1 is 1.05 bits per heavy atom. The predicted molar refractivity (Wildman–Crippen MR) is 88.5 cm³/mol. The maximum atomic E-state index is 12.2. The first-order valence-corrected chi connectivity index (χ1v) is 7.35. The lowest BCUT2D eigenvalue weighted by Gasteiger charge is -2.10. The van der Waals surface area contributed by atoms with Crippen LogP contribution in [0.2, 0.25) is 10.0 Å². The van der Waals surface area contributed by atoms with Crippen molar-refractivity contribution in [1.82, 2.24) is 5.32 Å². The van der Waals surface area contributed by atoms with Gasteiger partial charge in [-0.1, -0.05) is 35.3 Å². The Morgan fingerprint density at radius 3 is 2.38 bits per heavy atom. The zero-order valence-electron chi connectivity index (χ0n) is 11.6. The third kappa shape index (κ3) is 4.38. The van der Waals surface area contributed by atoms with Crippen LogP contribution >= 0.6 is 23.2 Å². The average molecular weight is 323 g/mol. The van der Waals surface area contributed by atoms with Gasteiger partial charge in [0.25, 0.3) is 5.91 Å². The van der Waals surface area contributed by atoms with Crippen LogP contribution in [-0.4, -0.2) is 19.5 Å². The zero-order chi connectivity index (χ0) is 15.2. The second-order valence-corrected chi connectivity index (χ2v) is 5.45. The van der Waals surface area contributed by atoms with E-state index in [1.54, 1.807) is 25.2 Å². The number of benzene rings is 2. The molecule has 0 aromatic heterocycles. The van der Waals surface area contributed by atoms with Gasteiger partial charge in [0, 0.05) is 29.3 Å². The van der Waals surface area contributed by atoms with E-state index in [4.69, 9.17) is 23.2 Å². The molecule has 0 unspecified atom stereocenters. The molecule has 0 aliphatic rings. The number of carbonyl (C=O) groups excluding carboxylic acids is 1. The minimum atomic E-state index is -0.143.